The number of amides is 1. The molecule has 0 N–H and O–H groups in total. The Kier molecular flexibility index (Phi) is 5.75. The monoisotopic (exact) mass is 359 g/mol. The number of hydrogen-bond acceptors (Lipinski definition) is 6. The third-order valence-corrected chi connectivity index (χ3v) is 5.17. The summed E-state index contributed by atoms with van der Waals surface area (Å²) in [5, 5.41) is 2.58. The van der Waals surface area contributed by atoms with Crippen molar-refractivity contribution in [2.24, 2.45) is 5.92 Å². The van der Waals surface area contributed by atoms with Gasteiger partial charge >= 0.3 is 5.97 Å². The van der Waals surface area contributed by atoms with Gasteiger partial charge in [0.05, 0.1) is 17.8 Å². The van der Waals surface area contributed by atoms with E-state index in [9.17, 15) is 9.59 Å². The molecule has 1 fully saturated rings. The smallest absolute Gasteiger partial charge is 0.312 e. The van der Waals surface area contributed by atoms with Crippen LogP contribution in [0.25, 0.3) is 10.7 Å². The molecule has 132 valence electrons. The molecule has 0 aliphatic carbocycles. The van der Waals surface area contributed by atoms with Crippen LogP contribution in [0, 0.1) is 5.92 Å². The maximum absolute atomic E-state index is 12.1. The molecule has 6 nitrogen and oxygen atoms in total. The number of pyridine rings is 1. The molecule has 0 spiro atoms. The van der Waals surface area contributed by atoms with Gasteiger partial charge in [0.2, 0.25) is 0 Å². The fourth-order valence-electron chi connectivity index (χ4n) is 2.69. The van der Waals surface area contributed by atoms with E-state index in [1.54, 1.807) is 11.1 Å². The van der Waals surface area contributed by atoms with Crippen LogP contribution >= 0.6 is 11.3 Å². The highest BCUT2D eigenvalue weighted by atomic mass is 32.1. The van der Waals surface area contributed by atoms with E-state index in [4.69, 9.17) is 4.74 Å². The molecule has 3 heterocycles. The first-order valence-corrected chi connectivity index (χ1v) is 9.29. The summed E-state index contributed by atoms with van der Waals surface area (Å²) in [7, 11) is 0. The summed E-state index contributed by atoms with van der Waals surface area (Å²) in [6, 6.07) is 5.61. The Morgan fingerprint density at radius 3 is 2.84 bits per heavy atom. The Morgan fingerprint density at radius 2 is 2.12 bits per heavy atom. The number of carbonyl (C=O) groups excluding carboxylic acids is 2. The van der Waals surface area contributed by atoms with Crippen molar-refractivity contribution in [3.8, 4) is 10.7 Å². The largest absolute Gasteiger partial charge is 0.455 e. The lowest BCUT2D eigenvalue weighted by atomic mass is 9.99. The van der Waals surface area contributed by atoms with Gasteiger partial charge in [-0.2, -0.15) is 0 Å². The van der Waals surface area contributed by atoms with Crippen LogP contribution in [0.5, 0.6) is 0 Å². The maximum atomic E-state index is 12.1. The Morgan fingerprint density at radius 1 is 1.32 bits per heavy atom. The number of ether oxygens (including phenoxy) is 1. The highest BCUT2D eigenvalue weighted by Crippen LogP contribution is 2.21. The van der Waals surface area contributed by atoms with Crippen LogP contribution in [0.3, 0.4) is 0 Å². The summed E-state index contributed by atoms with van der Waals surface area (Å²) in [5.74, 6) is 0.105. The molecular formula is C18H21N3O3S. The van der Waals surface area contributed by atoms with Crippen LogP contribution in [0.4, 0.5) is 0 Å². The summed E-state index contributed by atoms with van der Waals surface area (Å²) < 4.78 is 5.12. The molecule has 25 heavy (non-hydrogen) atoms. The first-order valence-electron chi connectivity index (χ1n) is 8.41. The lowest BCUT2D eigenvalue weighted by Crippen LogP contribution is -2.40. The molecule has 1 amide bonds. The van der Waals surface area contributed by atoms with Gasteiger partial charge in [-0.3, -0.25) is 14.6 Å². The zero-order chi connectivity index (χ0) is 17.6. The minimum absolute atomic E-state index is 0.0631. The summed E-state index contributed by atoms with van der Waals surface area (Å²) in [5.41, 5.74) is 1.41. The Bertz CT molecular complexity index is 724. The molecule has 0 radical (unpaired) electrons. The number of carbonyl (C=O) groups is 2. The maximum Gasteiger partial charge on any atom is 0.312 e. The molecule has 7 heteroatoms. The van der Waals surface area contributed by atoms with E-state index in [-0.39, 0.29) is 18.9 Å². The fraction of sp³-hybridized carbons (Fsp3) is 0.444. The van der Waals surface area contributed by atoms with Crippen LogP contribution in [0.2, 0.25) is 0 Å². The van der Waals surface area contributed by atoms with Gasteiger partial charge < -0.3 is 9.64 Å². The van der Waals surface area contributed by atoms with Crippen LogP contribution in [-0.2, 0) is 20.7 Å². The number of likely N-dealkylation sites (tertiary alicyclic amines) is 1. The minimum Gasteiger partial charge on any atom is -0.455 e. The summed E-state index contributed by atoms with van der Waals surface area (Å²) in [6.07, 6.45) is 3.79. The van der Waals surface area contributed by atoms with Crippen molar-refractivity contribution in [1.82, 2.24) is 14.9 Å². The molecule has 3 rings (SSSR count). The minimum atomic E-state index is -0.434. The van der Waals surface area contributed by atoms with Crippen LogP contribution < -0.4 is 0 Å². The Labute approximate surface area is 150 Å². The van der Waals surface area contributed by atoms with E-state index in [0.29, 0.717) is 11.6 Å². The predicted octanol–water partition coefficient (Wildman–Crippen LogP) is 2.55. The highest BCUT2D eigenvalue weighted by molar-refractivity contribution is 7.13. The third kappa shape index (κ3) is 4.85. The molecule has 0 saturated carbocycles. The number of rotatable bonds is 5. The average Bonchev–Trinajstić information content (AvgIpc) is 3.09. The van der Waals surface area contributed by atoms with Crippen molar-refractivity contribution in [3.05, 3.63) is 35.5 Å². The first kappa shape index (κ1) is 17.5. The third-order valence-electron chi connectivity index (χ3n) is 4.25. The van der Waals surface area contributed by atoms with Gasteiger partial charge in [0.1, 0.15) is 5.01 Å². The van der Waals surface area contributed by atoms with Crippen molar-refractivity contribution >= 4 is 23.2 Å². The van der Waals surface area contributed by atoms with E-state index < -0.39 is 5.97 Å². The topological polar surface area (TPSA) is 72.4 Å². The molecule has 2 aromatic rings. The molecule has 0 aromatic carbocycles. The van der Waals surface area contributed by atoms with Gasteiger partial charge in [-0.05, 0) is 30.9 Å². The second-order valence-corrected chi connectivity index (χ2v) is 7.12. The summed E-state index contributed by atoms with van der Waals surface area (Å²) in [6.45, 7) is 3.49. The standard InChI is InChI=1S/C18H21N3O3S/c1-13-5-8-21(9-6-13)16(22)11-24-17(23)10-14-12-25-18(20-14)15-4-2-3-7-19-15/h2-4,7,12-13H,5-6,8-11H2,1H3. The molecular weight excluding hydrogens is 338 g/mol. The normalized spacial score (nSPS) is 15.2. The molecule has 0 unspecified atom stereocenters. The van der Waals surface area contributed by atoms with Gasteiger partial charge in [0, 0.05) is 24.7 Å². The molecule has 0 bridgehead atoms. The van der Waals surface area contributed by atoms with E-state index >= 15 is 0 Å². The first-order chi connectivity index (χ1) is 12.1. The average molecular weight is 359 g/mol. The number of hydrogen-bond donors (Lipinski definition) is 0. The molecule has 2 aromatic heterocycles. The van der Waals surface area contributed by atoms with Crippen molar-refractivity contribution in [3.63, 3.8) is 0 Å². The number of esters is 1. The van der Waals surface area contributed by atoms with Gasteiger partial charge in [-0.1, -0.05) is 13.0 Å². The highest BCUT2D eigenvalue weighted by Gasteiger charge is 2.21. The van der Waals surface area contributed by atoms with Gasteiger partial charge in [0.25, 0.3) is 5.91 Å². The van der Waals surface area contributed by atoms with E-state index in [0.717, 1.165) is 36.6 Å². The second-order valence-electron chi connectivity index (χ2n) is 6.26. The van der Waals surface area contributed by atoms with Crippen LogP contribution in [0.1, 0.15) is 25.5 Å². The second kappa shape index (κ2) is 8.20. The van der Waals surface area contributed by atoms with Gasteiger partial charge in [0.15, 0.2) is 6.61 Å². The van der Waals surface area contributed by atoms with Gasteiger partial charge in [-0.15, -0.1) is 11.3 Å². The Balaban J connectivity index is 1.47. The number of thiazole rings is 1. The van der Waals surface area contributed by atoms with Crippen LogP contribution in [0.15, 0.2) is 29.8 Å². The molecule has 1 saturated heterocycles. The van der Waals surface area contributed by atoms with E-state index in [1.165, 1.54) is 11.3 Å². The predicted molar refractivity (Wildman–Crippen MR) is 95.0 cm³/mol. The van der Waals surface area contributed by atoms with E-state index in [1.807, 2.05) is 23.6 Å². The van der Waals surface area contributed by atoms with E-state index in [2.05, 4.69) is 16.9 Å². The summed E-state index contributed by atoms with van der Waals surface area (Å²) in [4.78, 5) is 34.4. The quantitative estimate of drug-likeness (QED) is 0.767. The van der Waals surface area contributed by atoms with Crippen molar-refractivity contribution < 1.29 is 14.3 Å². The summed E-state index contributed by atoms with van der Waals surface area (Å²) >= 11 is 1.44. The molecule has 0 atom stereocenters. The number of piperidine rings is 1. The lowest BCUT2D eigenvalue weighted by Gasteiger charge is -2.30. The molecule has 1 aliphatic heterocycles. The molecule has 1 aliphatic rings. The lowest BCUT2D eigenvalue weighted by molar-refractivity contribution is -0.152. The fourth-order valence-corrected chi connectivity index (χ4v) is 3.48. The van der Waals surface area contributed by atoms with Gasteiger partial charge in [-0.25, -0.2) is 4.98 Å². The SMILES string of the molecule is CC1CCN(C(=O)COC(=O)Cc2csc(-c3ccccn3)n2)CC1. The van der Waals surface area contributed by atoms with Crippen LogP contribution in [-0.4, -0.2) is 46.4 Å². The number of aromatic nitrogens is 2. The Hall–Kier alpha value is -2.28. The van der Waals surface area contributed by atoms with Crippen molar-refractivity contribution in [2.75, 3.05) is 19.7 Å². The zero-order valence-corrected chi connectivity index (χ0v) is 15.0. The zero-order valence-electron chi connectivity index (χ0n) is 14.2. The van der Waals surface area contributed by atoms with Crippen molar-refractivity contribution in [1.29, 1.82) is 0 Å². The number of nitrogens with zero attached hydrogens (tertiary/aromatic N) is 3. The van der Waals surface area contributed by atoms with Crippen molar-refractivity contribution in [2.45, 2.75) is 26.2 Å².